The number of ether oxygens (including phenoxy) is 2. The number of carbonyl (C=O) groups excluding carboxylic acids is 1. The van der Waals surface area contributed by atoms with Crippen molar-refractivity contribution >= 4 is 17.5 Å². The lowest BCUT2D eigenvalue weighted by molar-refractivity contribution is 0.0673. The van der Waals surface area contributed by atoms with Crippen LogP contribution in [0.25, 0.3) is 0 Å². The molecule has 1 aliphatic rings. The van der Waals surface area contributed by atoms with Gasteiger partial charge in [0.2, 0.25) is 0 Å². The van der Waals surface area contributed by atoms with Gasteiger partial charge in [0.1, 0.15) is 0 Å². The number of piperazine rings is 1. The zero-order valence-electron chi connectivity index (χ0n) is 13.5. The first-order valence-electron chi connectivity index (χ1n) is 7.51. The highest BCUT2D eigenvalue weighted by Gasteiger charge is 2.26. The van der Waals surface area contributed by atoms with Crippen LogP contribution in [0.5, 0.6) is 11.5 Å². The number of hydrogen-bond acceptors (Lipinski definition) is 4. The summed E-state index contributed by atoms with van der Waals surface area (Å²) in [7, 11) is 1.54. The van der Waals surface area contributed by atoms with E-state index in [2.05, 4.69) is 19.2 Å². The summed E-state index contributed by atoms with van der Waals surface area (Å²) in [5.74, 6) is 0.919. The van der Waals surface area contributed by atoms with Crippen molar-refractivity contribution in [3.8, 4) is 11.5 Å². The first-order valence-corrected chi connectivity index (χ1v) is 7.89. The largest absolute Gasteiger partial charge is 0.493 e. The number of halogens is 1. The first kappa shape index (κ1) is 16.9. The fourth-order valence-electron chi connectivity index (χ4n) is 2.80. The Bertz CT molecular complexity index is 540. The summed E-state index contributed by atoms with van der Waals surface area (Å²) in [4.78, 5) is 14.6. The number of methoxy groups -OCH3 is 1. The molecule has 22 heavy (non-hydrogen) atoms. The Morgan fingerprint density at radius 2 is 2.00 bits per heavy atom. The molecule has 122 valence electrons. The molecule has 5 nitrogen and oxygen atoms in total. The van der Waals surface area contributed by atoms with Gasteiger partial charge in [0, 0.05) is 30.7 Å². The minimum Gasteiger partial charge on any atom is -0.493 e. The second-order valence-corrected chi connectivity index (χ2v) is 6.01. The zero-order chi connectivity index (χ0) is 16.3. The Morgan fingerprint density at radius 1 is 1.36 bits per heavy atom. The highest BCUT2D eigenvalue weighted by Crippen LogP contribution is 2.36. The van der Waals surface area contributed by atoms with Gasteiger partial charge in [-0.1, -0.05) is 11.6 Å². The second kappa shape index (κ2) is 7.20. The van der Waals surface area contributed by atoms with Gasteiger partial charge in [-0.15, -0.1) is 0 Å². The van der Waals surface area contributed by atoms with Gasteiger partial charge in [0.25, 0.3) is 5.91 Å². The smallest absolute Gasteiger partial charge is 0.254 e. The number of hydrogen-bond donors (Lipinski definition) is 1. The summed E-state index contributed by atoms with van der Waals surface area (Å²) in [5.41, 5.74) is 0.520. The molecular formula is C16H23ClN2O3. The van der Waals surface area contributed by atoms with Gasteiger partial charge < -0.3 is 19.7 Å². The zero-order valence-corrected chi connectivity index (χ0v) is 14.2. The molecule has 0 saturated carbocycles. The summed E-state index contributed by atoms with van der Waals surface area (Å²) >= 11 is 6.24. The van der Waals surface area contributed by atoms with E-state index in [4.69, 9.17) is 21.1 Å². The number of benzene rings is 1. The summed E-state index contributed by atoms with van der Waals surface area (Å²) in [6.45, 7) is 7.85. The van der Waals surface area contributed by atoms with Gasteiger partial charge in [0.15, 0.2) is 11.5 Å². The second-order valence-electron chi connectivity index (χ2n) is 5.60. The van der Waals surface area contributed by atoms with E-state index in [0.29, 0.717) is 41.8 Å². The van der Waals surface area contributed by atoms with Gasteiger partial charge in [-0.2, -0.15) is 0 Å². The van der Waals surface area contributed by atoms with Crippen LogP contribution in [0.4, 0.5) is 0 Å². The maximum absolute atomic E-state index is 12.7. The summed E-state index contributed by atoms with van der Waals surface area (Å²) < 4.78 is 10.8. The number of amides is 1. The van der Waals surface area contributed by atoms with Crippen LogP contribution in [-0.2, 0) is 0 Å². The third-order valence-corrected chi connectivity index (χ3v) is 3.89. The SMILES string of the molecule is CCOc1c(Cl)cc(C(=O)N2C[C@H](C)N[C@@H](C)C2)cc1OC. The number of carbonyl (C=O) groups is 1. The molecule has 2 rings (SSSR count). The summed E-state index contributed by atoms with van der Waals surface area (Å²) in [6.07, 6.45) is 0. The molecule has 1 fully saturated rings. The molecular weight excluding hydrogens is 304 g/mol. The molecule has 2 atom stereocenters. The highest BCUT2D eigenvalue weighted by atomic mass is 35.5. The average Bonchev–Trinajstić information content (AvgIpc) is 2.47. The van der Waals surface area contributed by atoms with E-state index in [1.54, 1.807) is 12.1 Å². The molecule has 0 spiro atoms. The standard InChI is InChI=1S/C16H23ClN2O3/c1-5-22-15-13(17)6-12(7-14(15)21-4)16(20)19-8-10(2)18-11(3)9-19/h6-7,10-11,18H,5,8-9H2,1-4H3/t10-,11-/m0/s1. The van der Waals surface area contributed by atoms with Crippen LogP contribution in [0.1, 0.15) is 31.1 Å². The van der Waals surface area contributed by atoms with E-state index in [1.807, 2.05) is 11.8 Å². The minimum atomic E-state index is -0.0385. The quantitative estimate of drug-likeness (QED) is 0.924. The lowest BCUT2D eigenvalue weighted by Crippen LogP contribution is -2.55. The van der Waals surface area contributed by atoms with Gasteiger partial charge in [-0.05, 0) is 32.9 Å². The van der Waals surface area contributed by atoms with Crippen LogP contribution in [0, 0.1) is 0 Å². The lowest BCUT2D eigenvalue weighted by atomic mass is 10.1. The fraction of sp³-hybridized carbons (Fsp3) is 0.562. The third-order valence-electron chi connectivity index (χ3n) is 3.61. The van der Waals surface area contributed by atoms with E-state index in [-0.39, 0.29) is 18.0 Å². The molecule has 0 aromatic heterocycles. The van der Waals surface area contributed by atoms with E-state index in [0.717, 1.165) is 0 Å². The van der Waals surface area contributed by atoms with Crippen molar-refractivity contribution in [3.05, 3.63) is 22.7 Å². The Kier molecular flexibility index (Phi) is 5.53. The van der Waals surface area contributed by atoms with Crippen molar-refractivity contribution in [2.24, 2.45) is 0 Å². The fourth-order valence-corrected chi connectivity index (χ4v) is 3.07. The van der Waals surface area contributed by atoms with E-state index < -0.39 is 0 Å². The predicted molar refractivity (Wildman–Crippen MR) is 87.1 cm³/mol. The number of nitrogens with one attached hydrogen (secondary N) is 1. The molecule has 0 radical (unpaired) electrons. The van der Waals surface area contributed by atoms with E-state index >= 15 is 0 Å². The molecule has 1 N–H and O–H groups in total. The Balaban J connectivity index is 2.28. The lowest BCUT2D eigenvalue weighted by Gasteiger charge is -2.36. The van der Waals surface area contributed by atoms with Crippen molar-refractivity contribution in [3.63, 3.8) is 0 Å². The van der Waals surface area contributed by atoms with Crippen LogP contribution < -0.4 is 14.8 Å². The molecule has 1 heterocycles. The van der Waals surface area contributed by atoms with Crippen LogP contribution in [0.15, 0.2) is 12.1 Å². The van der Waals surface area contributed by atoms with Gasteiger partial charge >= 0.3 is 0 Å². The third kappa shape index (κ3) is 3.65. The normalized spacial score (nSPS) is 21.6. The Morgan fingerprint density at radius 3 is 2.55 bits per heavy atom. The topological polar surface area (TPSA) is 50.8 Å². The van der Waals surface area contributed by atoms with Gasteiger partial charge in [0.05, 0.1) is 18.7 Å². The van der Waals surface area contributed by atoms with Crippen LogP contribution >= 0.6 is 11.6 Å². The molecule has 1 amide bonds. The van der Waals surface area contributed by atoms with Gasteiger partial charge in [-0.3, -0.25) is 4.79 Å². The van der Waals surface area contributed by atoms with Crippen molar-refractivity contribution in [2.75, 3.05) is 26.8 Å². The van der Waals surface area contributed by atoms with Crippen molar-refractivity contribution in [1.82, 2.24) is 10.2 Å². The molecule has 1 aliphatic heterocycles. The molecule has 1 aromatic rings. The molecule has 0 aliphatic carbocycles. The summed E-state index contributed by atoms with van der Waals surface area (Å²) in [5, 5.41) is 3.80. The highest BCUT2D eigenvalue weighted by molar-refractivity contribution is 6.32. The van der Waals surface area contributed by atoms with E-state index in [9.17, 15) is 4.79 Å². The van der Waals surface area contributed by atoms with Crippen LogP contribution in [0.2, 0.25) is 5.02 Å². The van der Waals surface area contributed by atoms with Crippen LogP contribution in [-0.4, -0.2) is 49.7 Å². The minimum absolute atomic E-state index is 0.0385. The monoisotopic (exact) mass is 326 g/mol. The maximum Gasteiger partial charge on any atom is 0.254 e. The summed E-state index contributed by atoms with van der Waals surface area (Å²) in [6, 6.07) is 3.88. The Hall–Kier alpha value is -1.46. The van der Waals surface area contributed by atoms with Crippen LogP contribution in [0.3, 0.4) is 0 Å². The number of nitrogens with zero attached hydrogens (tertiary/aromatic N) is 1. The van der Waals surface area contributed by atoms with Crippen molar-refractivity contribution in [1.29, 1.82) is 0 Å². The molecule has 1 saturated heterocycles. The molecule has 0 unspecified atom stereocenters. The predicted octanol–water partition coefficient (Wildman–Crippen LogP) is 2.57. The van der Waals surface area contributed by atoms with Gasteiger partial charge in [-0.25, -0.2) is 0 Å². The average molecular weight is 327 g/mol. The number of rotatable bonds is 4. The van der Waals surface area contributed by atoms with E-state index in [1.165, 1.54) is 7.11 Å². The van der Waals surface area contributed by atoms with Crippen molar-refractivity contribution < 1.29 is 14.3 Å². The molecule has 0 bridgehead atoms. The molecule has 6 heteroatoms. The Labute approximate surface area is 136 Å². The van der Waals surface area contributed by atoms with Crippen molar-refractivity contribution in [2.45, 2.75) is 32.9 Å². The maximum atomic E-state index is 12.7. The first-order chi connectivity index (χ1) is 10.5. The molecule has 1 aromatic carbocycles.